The summed E-state index contributed by atoms with van der Waals surface area (Å²) in [6.45, 7) is 1.07. The molecule has 0 bridgehead atoms. The number of hydrogen-bond acceptors (Lipinski definition) is 2. The highest BCUT2D eigenvalue weighted by Gasteiger charge is 2.15. The minimum atomic E-state index is 0.325. The Morgan fingerprint density at radius 1 is 1.38 bits per heavy atom. The summed E-state index contributed by atoms with van der Waals surface area (Å²) in [6.07, 6.45) is 2.10. The van der Waals surface area contributed by atoms with Gasteiger partial charge in [-0.15, -0.1) is 0 Å². The van der Waals surface area contributed by atoms with Crippen molar-refractivity contribution in [1.82, 2.24) is 0 Å². The van der Waals surface area contributed by atoms with E-state index < -0.39 is 0 Å². The van der Waals surface area contributed by atoms with Crippen LogP contribution in [-0.4, -0.2) is 19.6 Å². The van der Waals surface area contributed by atoms with Crippen molar-refractivity contribution >= 4 is 5.69 Å². The Hall–Kier alpha value is -1.02. The van der Waals surface area contributed by atoms with Gasteiger partial charge in [0.1, 0.15) is 0 Å². The van der Waals surface area contributed by atoms with Crippen LogP contribution in [0, 0.1) is 0 Å². The summed E-state index contributed by atoms with van der Waals surface area (Å²) in [6, 6.07) is 8.85. The molecule has 13 heavy (non-hydrogen) atoms. The first-order chi connectivity index (χ1) is 6.27. The molecule has 0 fully saturated rings. The molecule has 2 nitrogen and oxygen atoms in total. The van der Waals surface area contributed by atoms with Crippen LogP contribution in [0.5, 0.6) is 0 Å². The second-order valence-corrected chi connectivity index (χ2v) is 3.80. The lowest BCUT2D eigenvalue weighted by atomic mass is 10.0. The summed E-state index contributed by atoms with van der Waals surface area (Å²) >= 11 is 0. The number of hydrogen-bond donors (Lipinski definition) is 1. The van der Waals surface area contributed by atoms with Gasteiger partial charge in [0, 0.05) is 25.3 Å². The molecule has 0 spiro atoms. The molecule has 0 aliphatic carbocycles. The second kappa shape index (κ2) is 3.38. The molecule has 1 aliphatic rings. The molecule has 70 valence electrons. The minimum Gasteiger partial charge on any atom is -0.374 e. The van der Waals surface area contributed by atoms with Crippen molar-refractivity contribution < 1.29 is 0 Å². The number of benzene rings is 1. The number of fused-ring (bicyclic) bond motifs is 1. The largest absolute Gasteiger partial charge is 0.374 e. The molecule has 0 saturated heterocycles. The maximum atomic E-state index is 5.99. The van der Waals surface area contributed by atoms with Gasteiger partial charge in [-0.1, -0.05) is 18.2 Å². The third-order valence-electron chi connectivity index (χ3n) is 2.72. The average Bonchev–Trinajstić information content (AvgIpc) is 2.27. The van der Waals surface area contributed by atoms with Crippen LogP contribution in [0.15, 0.2) is 24.3 Å². The molecular formula is C11H16N2. The van der Waals surface area contributed by atoms with Crippen molar-refractivity contribution in [1.29, 1.82) is 0 Å². The Morgan fingerprint density at radius 2 is 2.15 bits per heavy atom. The summed E-state index contributed by atoms with van der Waals surface area (Å²) in [5.74, 6) is 0. The van der Waals surface area contributed by atoms with Crippen LogP contribution in [0.1, 0.15) is 12.0 Å². The highest BCUT2D eigenvalue weighted by Crippen LogP contribution is 2.23. The number of anilines is 1. The summed E-state index contributed by atoms with van der Waals surface area (Å²) in [4.78, 5) is 2.29. The molecule has 1 unspecified atom stereocenters. The van der Waals surface area contributed by atoms with Crippen molar-refractivity contribution in [2.45, 2.75) is 18.9 Å². The summed E-state index contributed by atoms with van der Waals surface area (Å²) in [5.41, 5.74) is 8.71. The van der Waals surface area contributed by atoms with Gasteiger partial charge in [-0.05, 0) is 24.5 Å². The van der Waals surface area contributed by atoms with Gasteiger partial charge in [0.15, 0.2) is 0 Å². The van der Waals surface area contributed by atoms with Crippen LogP contribution >= 0.6 is 0 Å². The zero-order chi connectivity index (χ0) is 9.26. The van der Waals surface area contributed by atoms with Crippen molar-refractivity contribution in [2.24, 2.45) is 5.73 Å². The Labute approximate surface area is 79.4 Å². The maximum Gasteiger partial charge on any atom is 0.0396 e. The zero-order valence-electron chi connectivity index (χ0n) is 8.03. The number of para-hydroxylation sites is 1. The average molecular weight is 176 g/mol. The van der Waals surface area contributed by atoms with E-state index in [1.807, 2.05) is 0 Å². The lowest BCUT2D eigenvalue weighted by Crippen LogP contribution is -2.25. The fraction of sp³-hybridized carbons (Fsp3) is 0.455. The van der Waals surface area contributed by atoms with Gasteiger partial charge in [-0.3, -0.25) is 0 Å². The van der Waals surface area contributed by atoms with Crippen LogP contribution in [0.2, 0.25) is 0 Å². The lowest BCUT2D eigenvalue weighted by molar-refractivity contribution is 0.627. The van der Waals surface area contributed by atoms with Crippen molar-refractivity contribution in [3.8, 4) is 0 Å². The molecular weight excluding hydrogens is 160 g/mol. The fourth-order valence-electron chi connectivity index (χ4n) is 1.92. The molecule has 0 aromatic heterocycles. The van der Waals surface area contributed by atoms with Gasteiger partial charge in [0.05, 0.1) is 0 Å². The van der Waals surface area contributed by atoms with Crippen LogP contribution in [0.4, 0.5) is 5.69 Å². The van der Waals surface area contributed by atoms with E-state index in [2.05, 4.69) is 36.2 Å². The zero-order valence-corrected chi connectivity index (χ0v) is 8.03. The van der Waals surface area contributed by atoms with E-state index in [1.54, 1.807) is 0 Å². The Kier molecular flexibility index (Phi) is 2.23. The topological polar surface area (TPSA) is 29.3 Å². The predicted molar refractivity (Wildman–Crippen MR) is 56.0 cm³/mol. The number of nitrogens with two attached hydrogens (primary N) is 1. The van der Waals surface area contributed by atoms with Gasteiger partial charge in [0.2, 0.25) is 0 Å². The lowest BCUT2D eigenvalue weighted by Gasteiger charge is -2.18. The van der Waals surface area contributed by atoms with Gasteiger partial charge in [0.25, 0.3) is 0 Å². The van der Waals surface area contributed by atoms with Crippen LogP contribution in [0.3, 0.4) is 0 Å². The molecule has 2 heteroatoms. The normalized spacial score (nSPS) is 22.3. The molecule has 1 heterocycles. The van der Waals surface area contributed by atoms with Gasteiger partial charge in [-0.2, -0.15) is 0 Å². The van der Waals surface area contributed by atoms with Gasteiger partial charge in [-0.25, -0.2) is 0 Å². The Balaban J connectivity index is 2.38. The van der Waals surface area contributed by atoms with Crippen molar-refractivity contribution in [2.75, 3.05) is 18.5 Å². The third-order valence-corrected chi connectivity index (χ3v) is 2.72. The molecule has 1 atom stereocenters. The molecule has 1 aromatic rings. The van der Waals surface area contributed by atoms with Crippen LogP contribution < -0.4 is 10.6 Å². The van der Waals surface area contributed by atoms with E-state index in [0.29, 0.717) is 6.04 Å². The predicted octanol–water partition coefficient (Wildman–Crippen LogP) is 1.40. The maximum absolute atomic E-state index is 5.99. The summed E-state index contributed by atoms with van der Waals surface area (Å²) in [5, 5.41) is 0. The molecule has 2 rings (SSSR count). The van der Waals surface area contributed by atoms with Crippen LogP contribution in [0.25, 0.3) is 0 Å². The number of nitrogens with zero attached hydrogens (tertiary/aromatic N) is 1. The van der Waals surface area contributed by atoms with Crippen LogP contribution in [-0.2, 0) is 6.42 Å². The smallest absolute Gasteiger partial charge is 0.0396 e. The second-order valence-electron chi connectivity index (χ2n) is 3.80. The molecule has 0 amide bonds. The molecule has 2 N–H and O–H groups in total. The standard InChI is InChI=1S/C11H16N2/c1-13-7-6-10(12)8-9-4-2-3-5-11(9)13/h2-5,10H,6-8,12H2,1H3. The fourth-order valence-corrected chi connectivity index (χ4v) is 1.92. The quantitative estimate of drug-likeness (QED) is 0.647. The molecule has 0 radical (unpaired) electrons. The molecule has 1 aromatic carbocycles. The van der Waals surface area contributed by atoms with Gasteiger partial charge >= 0.3 is 0 Å². The van der Waals surface area contributed by atoms with Crippen molar-refractivity contribution in [3.63, 3.8) is 0 Å². The molecule has 1 aliphatic heterocycles. The van der Waals surface area contributed by atoms with E-state index >= 15 is 0 Å². The monoisotopic (exact) mass is 176 g/mol. The first-order valence-electron chi connectivity index (χ1n) is 4.82. The van der Waals surface area contributed by atoms with E-state index in [4.69, 9.17) is 5.73 Å². The first-order valence-corrected chi connectivity index (χ1v) is 4.82. The highest BCUT2D eigenvalue weighted by molar-refractivity contribution is 5.54. The van der Waals surface area contributed by atoms with Crippen molar-refractivity contribution in [3.05, 3.63) is 29.8 Å². The van der Waals surface area contributed by atoms with Gasteiger partial charge < -0.3 is 10.6 Å². The Morgan fingerprint density at radius 3 is 3.00 bits per heavy atom. The summed E-state index contributed by atoms with van der Waals surface area (Å²) < 4.78 is 0. The van der Waals surface area contributed by atoms with E-state index in [9.17, 15) is 0 Å². The highest BCUT2D eigenvalue weighted by atomic mass is 15.1. The first kappa shape index (κ1) is 8.57. The third kappa shape index (κ3) is 1.68. The van der Waals surface area contributed by atoms with E-state index in [1.165, 1.54) is 11.3 Å². The summed E-state index contributed by atoms with van der Waals surface area (Å²) in [7, 11) is 2.14. The molecule has 0 saturated carbocycles. The minimum absolute atomic E-state index is 0.325. The SMILES string of the molecule is CN1CCC(N)Cc2ccccc21. The number of rotatable bonds is 0. The Bertz CT molecular complexity index is 296. The van der Waals surface area contributed by atoms with E-state index in [0.717, 1.165) is 19.4 Å². The van der Waals surface area contributed by atoms with E-state index in [-0.39, 0.29) is 0 Å².